The molecule has 0 radical (unpaired) electrons. The SMILES string of the molecule is CCC(=O)CC#N.[H-].[Na+]. The summed E-state index contributed by atoms with van der Waals surface area (Å²) < 4.78 is 0. The number of carbonyl (C=O) groups is 1. The number of ketones is 1. The molecular weight excluding hydrogens is 113 g/mol. The van der Waals surface area contributed by atoms with E-state index in [9.17, 15) is 4.79 Å². The summed E-state index contributed by atoms with van der Waals surface area (Å²) in [6.45, 7) is 1.75. The fourth-order valence-electron chi connectivity index (χ4n) is 0.213. The van der Waals surface area contributed by atoms with Gasteiger partial charge in [0.05, 0.1) is 12.5 Å². The van der Waals surface area contributed by atoms with Crippen molar-refractivity contribution in [3.05, 3.63) is 0 Å². The van der Waals surface area contributed by atoms with Crippen LogP contribution in [0.4, 0.5) is 0 Å². The minimum Gasteiger partial charge on any atom is -1.00 e. The third-order valence-corrected chi connectivity index (χ3v) is 0.671. The van der Waals surface area contributed by atoms with Gasteiger partial charge in [-0.1, -0.05) is 6.92 Å². The van der Waals surface area contributed by atoms with Crippen LogP contribution in [0, 0.1) is 11.3 Å². The summed E-state index contributed by atoms with van der Waals surface area (Å²) in [5, 5.41) is 7.90. The monoisotopic (exact) mass is 121 g/mol. The Hall–Kier alpha value is 0.160. The van der Waals surface area contributed by atoms with E-state index in [2.05, 4.69) is 0 Å². The second-order valence-corrected chi connectivity index (χ2v) is 1.23. The molecule has 0 aliphatic rings. The van der Waals surface area contributed by atoms with Crippen LogP contribution in [0.15, 0.2) is 0 Å². The molecule has 0 aliphatic heterocycles. The van der Waals surface area contributed by atoms with Crippen molar-refractivity contribution in [2.75, 3.05) is 0 Å². The third-order valence-electron chi connectivity index (χ3n) is 0.671. The van der Waals surface area contributed by atoms with Gasteiger partial charge in [0.1, 0.15) is 5.78 Å². The van der Waals surface area contributed by atoms with E-state index in [0.29, 0.717) is 6.42 Å². The number of nitriles is 1. The van der Waals surface area contributed by atoms with Gasteiger partial charge in [-0.25, -0.2) is 0 Å². The number of carbonyl (C=O) groups excluding carboxylic acids is 1. The summed E-state index contributed by atoms with van der Waals surface area (Å²) in [5.74, 6) is 0.0162. The molecule has 0 spiro atoms. The van der Waals surface area contributed by atoms with Gasteiger partial charge in [-0.3, -0.25) is 4.79 Å². The van der Waals surface area contributed by atoms with E-state index in [0.717, 1.165) is 0 Å². The molecule has 0 aromatic rings. The Morgan fingerprint density at radius 2 is 2.38 bits per heavy atom. The fraction of sp³-hybridized carbons (Fsp3) is 0.600. The van der Waals surface area contributed by atoms with Crippen LogP contribution in [0.5, 0.6) is 0 Å². The molecule has 0 atom stereocenters. The molecule has 0 fully saturated rings. The Kier molecular flexibility index (Phi) is 9.87. The van der Waals surface area contributed by atoms with Gasteiger partial charge in [-0.05, 0) is 0 Å². The minimum atomic E-state index is 0. The van der Waals surface area contributed by atoms with Crippen molar-refractivity contribution in [3.8, 4) is 6.07 Å². The van der Waals surface area contributed by atoms with Crippen molar-refractivity contribution in [1.82, 2.24) is 0 Å². The number of Topliss-reactive ketones (excluding diaryl/α,β-unsaturated/α-hetero) is 1. The van der Waals surface area contributed by atoms with Crippen molar-refractivity contribution in [1.29, 1.82) is 5.26 Å². The minimum absolute atomic E-state index is 0. The number of hydrogen-bond acceptors (Lipinski definition) is 2. The number of rotatable bonds is 2. The topological polar surface area (TPSA) is 40.9 Å². The normalized spacial score (nSPS) is 6.50. The summed E-state index contributed by atoms with van der Waals surface area (Å²) in [5.41, 5.74) is 0. The first-order valence-electron chi connectivity index (χ1n) is 2.20. The average molecular weight is 121 g/mol. The smallest absolute Gasteiger partial charge is 1.00 e. The van der Waals surface area contributed by atoms with Gasteiger partial charge >= 0.3 is 29.6 Å². The van der Waals surface area contributed by atoms with Crippen molar-refractivity contribution in [2.24, 2.45) is 0 Å². The van der Waals surface area contributed by atoms with Crippen molar-refractivity contribution >= 4 is 5.78 Å². The van der Waals surface area contributed by atoms with E-state index >= 15 is 0 Å². The molecule has 40 valence electrons. The van der Waals surface area contributed by atoms with Crippen LogP contribution in [-0.4, -0.2) is 5.78 Å². The molecule has 3 heteroatoms. The van der Waals surface area contributed by atoms with Crippen LogP contribution in [0.2, 0.25) is 0 Å². The Labute approximate surface area is 72.7 Å². The third kappa shape index (κ3) is 6.16. The number of nitrogens with zero attached hydrogens (tertiary/aromatic N) is 1. The van der Waals surface area contributed by atoms with Gasteiger partial charge in [0.2, 0.25) is 0 Å². The molecule has 0 saturated heterocycles. The molecule has 0 aromatic carbocycles. The van der Waals surface area contributed by atoms with Gasteiger partial charge in [-0.2, -0.15) is 5.26 Å². The molecule has 2 nitrogen and oxygen atoms in total. The van der Waals surface area contributed by atoms with E-state index in [1.807, 2.05) is 0 Å². The van der Waals surface area contributed by atoms with E-state index in [-0.39, 0.29) is 43.2 Å². The first kappa shape index (κ1) is 11.0. The Balaban J connectivity index is -0.000000180. The van der Waals surface area contributed by atoms with Gasteiger partial charge in [0, 0.05) is 6.42 Å². The molecule has 0 aliphatic carbocycles. The van der Waals surface area contributed by atoms with Gasteiger partial charge in [-0.15, -0.1) is 0 Å². The van der Waals surface area contributed by atoms with Gasteiger partial charge in [0.15, 0.2) is 0 Å². The molecule has 0 heterocycles. The maximum Gasteiger partial charge on any atom is 1.00 e. The zero-order valence-electron chi connectivity index (χ0n) is 6.27. The van der Waals surface area contributed by atoms with Gasteiger partial charge in [0.25, 0.3) is 0 Å². The Bertz CT molecular complexity index is 110. The van der Waals surface area contributed by atoms with Gasteiger partial charge < -0.3 is 1.43 Å². The van der Waals surface area contributed by atoms with E-state index in [4.69, 9.17) is 5.26 Å². The maximum absolute atomic E-state index is 10.2. The summed E-state index contributed by atoms with van der Waals surface area (Å²) in [6.07, 6.45) is 0.546. The van der Waals surface area contributed by atoms with E-state index in [1.54, 1.807) is 13.0 Å². The van der Waals surface area contributed by atoms with Crippen LogP contribution < -0.4 is 29.6 Å². The second-order valence-electron chi connectivity index (χ2n) is 1.23. The fourth-order valence-corrected chi connectivity index (χ4v) is 0.213. The maximum atomic E-state index is 10.2. The molecule has 0 aromatic heterocycles. The molecular formula is C5H8NNaO. The quantitative estimate of drug-likeness (QED) is 0.396. The van der Waals surface area contributed by atoms with E-state index < -0.39 is 0 Å². The zero-order chi connectivity index (χ0) is 5.70. The van der Waals surface area contributed by atoms with Crippen molar-refractivity contribution in [3.63, 3.8) is 0 Å². The Morgan fingerprint density at radius 3 is 2.50 bits per heavy atom. The first-order valence-corrected chi connectivity index (χ1v) is 2.20. The summed E-state index contributed by atoms with van der Waals surface area (Å²) >= 11 is 0. The molecule has 0 bridgehead atoms. The Morgan fingerprint density at radius 1 is 1.88 bits per heavy atom. The van der Waals surface area contributed by atoms with Crippen LogP contribution in [-0.2, 0) is 4.79 Å². The first-order chi connectivity index (χ1) is 3.31. The molecule has 0 unspecified atom stereocenters. The summed E-state index contributed by atoms with van der Waals surface area (Å²) in [7, 11) is 0. The van der Waals surface area contributed by atoms with Crippen molar-refractivity contribution < 1.29 is 35.8 Å². The molecule has 0 saturated carbocycles. The molecule has 0 amide bonds. The van der Waals surface area contributed by atoms with Crippen molar-refractivity contribution in [2.45, 2.75) is 19.8 Å². The standard InChI is InChI=1S/C5H7NO.Na.H/c1-2-5(7)3-4-6;;/h2-3H2,1H3;;/q;+1;-1. The summed E-state index contributed by atoms with van der Waals surface area (Å²) in [4.78, 5) is 10.2. The molecule has 8 heavy (non-hydrogen) atoms. The predicted octanol–water partition coefficient (Wildman–Crippen LogP) is -2.00. The number of hydrogen-bond donors (Lipinski definition) is 0. The van der Waals surface area contributed by atoms with Crippen LogP contribution >= 0.6 is 0 Å². The second kappa shape index (κ2) is 7.16. The molecule has 0 N–H and O–H groups in total. The molecule has 0 rings (SSSR count). The van der Waals surface area contributed by atoms with Crippen LogP contribution in [0.25, 0.3) is 0 Å². The van der Waals surface area contributed by atoms with Crippen LogP contribution in [0.3, 0.4) is 0 Å². The zero-order valence-corrected chi connectivity index (χ0v) is 7.27. The summed E-state index contributed by atoms with van der Waals surface area (Å²) in [6, 6.07) is 1.77. The predicted molar refractivity (Wildman–Crippen MR) is 26.6 cm³/mol. The largest absolute Gasteiger partial charge is 1.00 e. The average Bonchev–Trinajstić information content (AvgIpc) is 1.68. The van der Waals surface area contributed by atoms with Crippen LogP contribution in [0.1, 0.15) is 21.2 Å². The van der Waals surface area contributed by atoms with E-state index in [1.165, 1.54) is 0 Å².